The molecule has 8 nitrogen and oxygen atoms in total. The first-order chi connectivity index (χ1) is 16.9. The quantitative estimate of drug-likeness (QED) is 0.547. The third kappa shape index (κ3) is 4.66. The van der Waals surface area contributed by atoms with Gasteiger partial charge in [-0.2, -0.15) is 0 Å². The van der Waals surface area contributed by atoms with E-state index in [9.17, 15) is 18.4 Å². The van der Waals surface area contributed by atoms with Crippen molar-refractivity contribution in [2.45, 2.75) is 57.2 Å². The number of benzene rings is 1. The lowest BCUT2D eigenvalue weighted by Gasteiger charge is -2.25. The minimum Gasteiger partial charge on any atom is -0.381 e. The number of fused-ring (bicyclic) bond motifs is 1. The molecule has 2 atom stereocenters. The minimum atomic E-state index is -2.88. The second-order valence-corrected chi connectivity index (χ2v) is 9.89. The summed E-state index contributed by atoms with van der Waals surface area (Å²) in [6.07, 6.45) is -0.512. The molecule has 2 aliphatic heterocycles. The molecule has 1 amide bonds. The number of halogens is 2. The van der Waals surface area contributed by atoms with Gasteiger partial charge in [0.1, 0.15) is 6.04 Å². The summed E-state index contributed by atoms with van der Waals surface area (Å²) in [5, 5.41) is 3.52. The first-order valence-corrected chi connectivity index (χ1v) is 12.7. The molecule has 186 valence electrons. The molecule has 2 saturated heterocycles. The van der Waals surface area contributed by atoms with E-state index in [1.165, 1.54) is 0 Å². The fourth-order valence-electron chi connectivity index (χ4n) is 4.87. The molecule has 4 heterocycles. The SMILES string of the molecule is C[C@@H](NC(=O)C1CCCN1c1nc2c(=O)n(C3CCOCC3)c(C(F)F)nc2s1)c1ccccc1. The maximum absolute atomic E-state index is 13.9. The van der Waals surface area contributed by atoms with E-state index < -0.39 is 29.9 Å². The average molecular weight is 504 g/mol. The molecule has 2 fully saturated rings. The van der Waals surface area contributed by atoms with Crippen molar-refractivity contribution in [1.29, 1.82) is 0 Å². The van der Waals surface area contributed by atoms with Crippen molar-refractivity contribution in [2.24, 2.45) is 0 Å². The molecule has 2 aliphatic rings. The van der Waals surface area contributed by atoms with Gasteiger partial charge in [0.2, 0.25) is 5.91 Å². The first kappa shape index (κ1) is 23.8. The van der Waals surface area contributed by atoms with Gasteiger partial charge in [-0.3, -0.25) is 14.2 Å². The number of rotatable bonds is 6. The molecule has 0 saturated carbocycles. The van der Waals surface area contributed by atoms with Gasteiger partial charge in [0, 0.05) is 25.8 Å². The minimum absolute atomic E-state index is 0.0737. The molecule has 0 bridgehead atoms. The zero-order chi connectivity index (χ0) is 24.5. The van der Waals surface area contributed by atoms with Crippen LogP contribution in [0.3, 0.4) is 0 Å². The van der Waals surface area contributed by atoms with Crippen LogP contribution in [0.15, 0.2) is 35.1 Å². The Labute approximate surface area is 204 Å². The number of nitrogens with zero attached hydrogens (tertiary/aromatic N) is 4. The van der Waals surface area contributed by atoms with Crippen LogP contribution in [0.4, 0.5) is 13.9 Å². The third-order valence-electron chi connectivity index (χ3n) is 6.69. The summed E-state index contributed by atoms with van der Waals surface area (Å²) in [4.78, 5) is 37.1. The fourth-order valence-corrected chi connectivity index (χ4v) is 5.88. The normalized spacial score (nSPS) is 20.0. The number of amides is 1. The Bertz CT molecular complexity index is 1260. The molecule has 0 radical (unpaired) electrons. The number of ether oxygens (including phenoxy) is 1. The van der Waals surface area contributed by atoms with Gasteiger partial charge >= 0.3 is 0 Å². The number of nitrogens with one attached hydrogen (secondary N) is 1. The standard InChI is InChI=1S/C24H27F2N5O3S/c1-14(15-6-3-2-4-7-15)27-21(32)17-8-5-11-30(17)24-28-18-22(35-24)29-20(19(25)26)31(23(18)33)16-9-12-34-13-10-16/h2-4,6-7,14,16-17,19H,5,8-13H2,1H3,(H,27,32)/t14-,17?/m1/s1. The van der Waals surface area contributed by atoms with Gasteiger partial charge in [0.05, 0.1) is 6.04 Å². The summed E-state index contributed by atoms with van der Waals surface area (Å²) in [7, 11) is 0. The highest BCUT2D eigenvalue weighted by molar-refractivity contribution is 7.21. The summed E-state index contributed by atoms with van der Waals surface area (Å²) in [6, 6.07) is 8.68. The molecular weight excluding hydrogens is 476 g/mol. The Morgan fingerprint density at radius 3 is 2.63 bits per heavy atom. The van der Waals surface area contributed by atoms with Crippen LogP contribution in [0.5, 0.6) is 0 Å². The van der Waals surface area contributed by atoms with Crippen LogP contribution in [-0.4, -0.2) is 46.2 Å². The van der Waals surface area contributed by atoms with Crippen LogP contribution in [0.1, 0.15) is 62.5 Å². The summed E-state index contributed by atoms with van der Waals surface area (Å²) in [5.41, 5.74) is 0.518. The monoisotopic (exact) mass is 503 g/mol. The van der Waals surface area contributed by atoms with Crippen LogP contribution in [0.2, 0.25) is 0 Å². The van der Waals surface area contributed by atoms with Gasteiger partial charge in [-0.05, 0) is 38.2 Å². The van der Waals surface area contributed by atoms with Crippen LogP contribution in [0.25, 0.3) is 10.3 Å². The Morgan fingerprint density at radius 1 is 1.17 bits per heavy atom. The van der Waals surface area contributed by atoms with Crippen molar-refractivity contribution >= 4 is 32.7 Å². The Kier molecular flexibility index (Phi) is 6.79. The molecule has 3 aromatic rings. The first-order valence-electron chi connectivity index (χ1n) is 11.8. The zero-order valence-electron chi connectivity index (χ0n) is 19.3. The molecule has 1 unspecified atom stereocenters. The van der Waals surface area contributed by atoms with E-state index in [1.807, 2.05) is 42.2 Å². The van der Waals surface area contributed by atoms with E-state index >= 15 is 0 Å². The van der Waals surface area contributed by atoms with Crippen molar-refractivity contribution in [3.05, 3.63) is 52.1 Å². The third-order valence-corrected chi connectivity index (χ3v) is 7.68. The number of aromatic nitrogens is 3. The highest BCUT2D eigenvalue weighted by atomic mass is 32.1. The molecule has 0 aliphatic carbocycles. The Hall–Kier alpha value is -2.92. The molecule has 2 aromatic heterocycles. The van der Waals surface area contributed by atoms with E-state index in [2.05, 4.69) is 15.3 Å². The molecule has 11 heteroatoms. The van der Waals surface area contributed by atoms with Crippen molar-refractivity contribution < 1.29 is 18.3 Å². The van der Waals surface area contributed by atoms with Crippen molar-refractivity contribution in [3.8, 4) is 0 Å². The van der Waals surface area contributed by atoms with Gasteiger partial charge in [-0.1, -0.05) is 41.7 Å². The maximum atomic E-state index is 13.9. The highest BCUT2D eigenvalue weighted by Gasteiger charge is 2.35. The largest absolute Gasteiger partial charge is 0.381 e. The topological polar surface area (TPSA) is 89.4 Å². The van der Waals surface area contributed by atoms with Crippen molar-refractivity contribution in [1.82, 2.24) is 19.9 Å². The Balaban J connectivity index is 1.44. The van der Waals surface area contributed by atoms with Crippen LogP contribution >= 0.6 is 11.3 Å². The number of hydrogen-bond acceptors (Lipinski definition) is 7. The molecule has 35 heavy (non-hydrogen) atoms. The van der Waals surface area contributed by atoms with E-state index in [1.54, 1.807) is 0 Å². The number of thiazole rings is 1. The number of anilines is 1. The maximum Gasteiger partial charge on any atom is 0.295 e. The van der Waals surface area contributed by atoms with E-state index in [4.69, 9.17) is 4.74 Å². The second-order valence-electron chi connectivity index (χ2n) is 8.93. The lowest BCUT2D eigenvalue weighted by molar-refractivity contribution is -0.122. The summed E-state index contributed by atoms with van der Waals surface area (Å²) in [5.74, 6) is -0.657. The fraction of sp³-hybridized carbons (Fsp3) is 0.500. The lowest BCUT2D eigenvalue weighted by Crippen LogP contribution is -2.44. The van der Waals surface area contributed by atoms with Crippen LogP contribution in [0, 0.1) is 0 Å². The van der Waals surface area contributed by atoms with E-state index in [0.29, 0.717) is 44.2 Å². The van der Waals surface area contributed by atoms with Gasteiger partial charge in [0.25, 0.3) is 12.0 Å². The summed E-state index contributed by atoms with van der Waals surface area (Å²) >= 11 is 1.08. The lowest BCUT2D eigenvalue weighted by atomic mass is 10.1. The Morgan fingerprint density at radius 2 is 1.91 bits per heavy atom. The predicted octanol–water partition coefficient (Wildman–Crippen LogP) is 3.99. The zero-order valence-corrected chi connectivity index (χ0v) is 20.1. The molecule has 5 rings (SSSR count). The van der Waals surface area contributed by atoms with Gasteiger partial charge in [0.15, 0.2) is 21.3 Å². The second kappa shape index (κ2) is 9.98. The number of hydrogen-bond donors (Lipinski definition) is 1. The average Bonchev–Trinajstić information content (AvgIpc) is 3.52. The van der Waals surface area contributed by atoms with Gasteiger partial charge in [-0.25, -0.2) is 18.7 Å². The molecule has 1 N–H and O–H groups in total. The van der Waals surface area contributed by atoms with Crippen LogP contribution in [-0.2, 0) is 9.53 Å². The summed E-state index contributed by atoms with van der Waals surface area (Å²) < 4.78 is 34.2. The van der Waals surface area contributed by atoms with Gasteiger partial charge in [-0.15, -0.1) is 0 Å². The molecule has 1 aromatic carbocycles. The summed E-state index contributed by atoms with van der Waals surface area (Å²) in [6.45, 7) is 3.34. The predicted molar refractivity (Wildman–Crippen MR) is 129 cm³/mol. The van der Waals surface area contributed by atoms with E-state index in [0.717, 1.165) is 27.9 Å². The number of carbonyl (C=O) groups is 1. The molecular formula is C24H27F2N5O3S. The van der Waals surface area contributed by atoms with Gasteiger partial charge < -0.3 is 15.0 Å². The van der Waals surface area contributed by atoms with Crippen molar-refractivity contribution in [2.75, 3.05) is 24.7 Å². The van der Waals surface area contributed by atoms with E-state index in [-0.39, 0.29) is 22.3 Å². The number of carbonyl (C=O) groups excluding carboxylic acids is 1. The van der Waals surface area contributed by atoms with Crippen molar-refractivity contribution in [3.63, 3.8) is 0 Å². The number of alkyl halides is 2. The highest BCUT2D eigenvalue weighted by Crippen LogP contribution is 2.34. The van der Waals surface area contributed by atoms with Crippen LogP contribution < -0.4 is 15.8 Å². The smallest absolute Gasteiger partial charge is 0.295 e. The molecule has 0 spiro atoms.